The van der Waals surface area contributed by atoms with Crippen LogP contribution in [0.4, 0.5) is 0 Å². The molecule has 7 nitrogen and oxygen atoms in total. The molecule has 2 aromatic carbocycles. The highest BCUT2D eigenvalue weighted by Crippen LogP contribution is 2.30. The number of hydrogen-bond donors (Lipinski definition) is 1. The Hall–Kier alpha value is -3.35. The van der Waals surface area contributed by atoms with Gasteiger partial charge in [0.15, 0.2) is 11.5 Å². The summed E-state index contributed by atoms with van der Waals surface area (Å²) in [6, 6.07) is 9.64. The van der Waals surface area contributed by atoms with Crippen molar-refractivity contribution in [1.82, 2.24) is 14.9 Å². The van der Waals surface area contributed by atoms with E-state index in [0.717, 1.165) is 18.4 Å². The summed E-state index contributed by atoms with van der Waals surface area (Å²) in [6.45, 7) is 2.69. The summed E-state index contributed by atoms with van der Waals surface area (Å²) in [6.07, 6.45) is 3.74. The number of benzene rings is 2. The number of methoxy groups -OCH3 is 2. The lowest BCUT2D eigenvalue weighted by Gasteiger charge is -2.21. The maximum Gasteiger partial charge on any atom is 0.258 e. The molecule has 0 saturated carbocycles. The molecule has 3 aromatic rings. The van der Waals surface area contributed by atoms with Crippen LogP contribution in [0.15, 0.2) is 35.1 Å². The number of hydrogen-bond acceptors (Lipinski definition) is 5. The number of ether oxygens (including phenoxy) is 2. The van der Waals surface area contributed by atoms with Gasteiger partial charge in [0.05, 0.1) is 38.1 Å². The van der Waals surface area contributed by atoms with Gasteiger partial charge in [0.25, 0.3) is 5.56 Å². The van der Waals surface area contributed by atoms with Crippen molar-refractivity contribution in [3.8, 4) is 11.5 Å². The van der Waals surface area contributed by atoms with E-state index in [9.17, 15) is 9.59 Å². The van der Waals surface area contributed by atoms with Gasteiger partial charge in [-0.1, -0.05) is 18.2 Å². The molecule has 1 aromatic heterocycles. The summed E-state index contributed by atoms with van der Waals surface area (Å²) < 4.78 is 10.6. The van der Waals surface area contributed by atoms with Crippen molar-refractivity contribution in [1.29, 1.82) is 0 Å². The number of nitrogens with zero attached hydrogens (tertiary/aromatic N) is 2. The van der Waals surface area contributed by atoms with Gasteiger partial charge in [-0.3, -0.25) is 9.59 Å². The van der Waals surface area contributed by atoms with Gasteiger partial charge in [-0.15, -0.1) is 0 Å². The largest absolute Gasteiger partial charge is 0.493 e. The van der Waals surface area contributed by atoms with Crippen molar-refractivity contribution in [2.24, 2.45) is 0 Å². The molecule has 1 heterocycles. The average Bonchev–Trinajstić information content (AvgIpc) is 3.24. The molecule has 0 unspecified atom stereocenters. The van der Waals surface area contributed by atoms with E-state index in [1.165, 1.54) is 31.8 Å². The second-order valence-electron chi connectivity index (χ2n) is 7.78. The summed E-state index contributed by atoms with van der Waals surface area (Å²) in [5, 5.41) is 0.411. The maximum atomic E-state index is 13.0. The molecule has 31 heavy (non-hydrogen) atoms. The fourth-order valence-corrected chi connectivity index (χ4v) is 4.17. The van der Waals surface area contributed by atoms with Gasteiger partial charge in [-0.2, -0.15) is 0 Å². The van der Waals surface area contributed by atoms with Crippen LogP contribution in [0.1, 0.15) is 35.9 Å². The summed E-state index contributed by atoms with van der Waals surface area (Å²) >= 11 is 0. The van der Waals surface area contributed by atoms with Crippen molar-refractivity contribution in [2.45, 2.75) is 39.2 Å². The Balaban J connectivity index is 1.56. The summed E-state index contributed by atoms with van der Waals surface area (Å²) in [4.78, 5) is 34.6. The molecule has 0 atom stereocenters. The predicted octanol–water partition coefficient (Wildman–Crippen LogP) is 3.02. The topological polar surface area (TPSA) is 84.5 Å². The number of carbonyl (C=O) groups is 1. The van der Waals surface area contributed by atoms with Crippen molar-refractivity contribution in [2.75, 3.05) is 20.8 Å². The second-order valence-corrected chi connectivity index (χ2v) is 7.78. The molecule has 7 heteroatoms. The SMILES string of the molecule is CCN(Cc1nc2cc(OC)c(OC)cc2c(=O)[nH]1)C(=O)Cc1ccc2c(c1)CCC2. The van der Waals surface area contributed by atoms with Crippen LogP contribution in [-0.4, -0.2) is 41.5 Å². The molecule has 1 amide bonds. The van der Waals surface area contributed by atoms with E-state index >= 15 is 0 Å². The van der Waals surface area contributed by atoms with Crippen molar-refractivity contribution in [3.05, 3.63) is 63.2 Å². The predicted molar refractivity (Wildman–Crippen MR) is 119 cm³/mol. The molecular formula is C24H27N3O4. The number of aromatic amines is 1. The minimum absolute atomic E-state index is 0.00973. The van der Waals surface area contributed by atoms with Gasteiger partial charge in [-0.25, -0.2) is 4.98 Å². The molecule has 1 N–H and O–H groups in total. The lowest BCUT2D eigenvalue weighted by molar-refractivity contribution is -0.131. The molecule has 1 aliphatic rings. The smallest absolute Gasteiger partial charge is 0.258 e. The highest BCUT2D eigenvalue weighted by molar-refractivity contribution is 5.82. The van der Waals surface area contributed by atoms with Crippen LogP contribution in [0, 0.1) is 0 Å². The van der Waals surface area contributed by atoms with Gasteiger partial charge >= 0.3 is 0 Å². The molecule has 0 saturated heterocycles. The Morgan fingerprint density at radius 1 is 1.10 bits per heavy atom. The number of H-pyrrole nitrogens is 1. The third-order valence-corrected chi connectivity index (χ3v) is 5.85. The van der Waals surface area contributed by atoms with Crippen molar-refractivity contribution < 1.29 is 14.3 Å². The quantitative estimate of drug-likeness (QED) is 0.634. The van der Waals surface area contributed by atoms with Crippen molar-refractivity contribution in [3.63, 3.8) is 0 Å². The van der Waals surface area contributed by atoms with Crippen LogP contribution in [0.2, 0.25) is 0 Å². The molecule has 0 bridgehead atoms. The second kappa shape index (κ2) is 8.79. The van der Waals surface area contributed by atoms with Crippen LogP contribution >= 0.6 is 0 Å². The Morgan fingerprint density at radius 2 is 1.84 bits per heavy atom. The Labute approximate surface area is 181 Å². The number of rotatable bonds is 7. The van der Waals surface area contributed by atoms with Crippen LogP contribution in [0.5, 0.6) is 11.5 Å². The molecular weight excluding hydrogens is 394 g/mol. The number of carbonyl (C=O) groups excluding carboxylic acids is 1. The average molecular weight is 421 g/mol. The Bertz CT molecular complexity index is 1190. The van der Waals surface area contributed by atoms with Crippen molar-refractivity contribution >= 4 is 16.8 Å². The number of nitrogens with one attached hydrogen (secondary N) is 1. The standard InChI is InChI=1S/C24H27N3O4/c1-4-27(23(28)11-15-8-9-16-6-5-7-17(16)10-15)14-22-25-19-13-21(31-3)20(30-2)12-18(19)24(29)26-22/h8-10,12-13H,4-7,11,14H2,1-3H3,(H,25,26,29). The molecule has 162 valence electrons. The Kier molecular flexibility index (Phi) is 5.93. The fourth-order valence-electron chi connectivity index (χ4n) is 4.17. The van der Waals surface area contributed by atoms with Gasteiger partial charge in [-0.05, 0) is 48.9 Å². The molecule has 0 aliphatic heterocycles. The van der Waals surface area contributed by atoms with E-state index < -0.39 is 0 Å². The first-order valence-electron chi connectivity index (χ1n) is 10.6. The summed E-state index contributed by atoms with van der Waals surface area (Å²) in [7, 11) is 3.06. The molecule has 0 radical (unpaired) electrons. The summed E-state index contributed by atoms with van der Waals surface area (Å²) in [5.74, 6) is 1.42. The van der Waals surface area contributed by atoms with Crippen LogP contribution < -0.4 is 15.0 Å². The zero-order chi connectivity index (χ0) is 22.0. The molecule has 0 spiro atoms. The number of aromatic nitrogens is 2. The van der Waals surface area contributed by atoms with Gasteiger partial charge in [0.1, 0.15) is 5.82 Å². The van der Waals surface area contributed by atoms with E-state index in [1.807, 2.05) is 13.0 Å². The number of amides is 1. The third kappa shape index (κ3) is 4.26. The highest BCUT2D eigenvalue weighted by atomic mass is 16.5. The Morgan fingerprint density at radius 3 is 2.58 bits per heavy atom. The van der Waals surface area contributed by atoms with E-state index in [1.54, 1.807) is 17.0 Å². The maximum absolute atomic E-state index is 13.0. The third-order valence-electron chi connectivity index (χ3n) is 5.85. The minimum Gasteiger partial charge on any atom is -0.493 e. The van der Waals surface area contributed by atoms with Crippen LogP contribution in [-0.2, 0) is 30.6 Å². The number of aryl methyl sites for hydroxylation is 2. The first-order chi connectivity index (χ1) is 15.0. The van der Waals surface area contributed by atoms with E-state index in [-0.39, 0.29) is 18.0 Å². The first kappa shape index (κ1) is 20.9. The molecule has 1 aliphatic carbocycles. The van der Waals surface area contributed by atoms with Gasteiger partial charge in [0.2, 0.25) is 5.91 Å². The summed E-state index contributed by atoms with van der Waals surface area (Å²) in [5.41, 5.74) is 4.01. The molecule has 4 rings (SSSR count). The lowest BCUT2D eigenvalue weighted by Crippen LogP contribution is -2.33. The number of likely N-dealkylation sites (N-methyl/N-ethyl adjacent to an activating group) is 1. The monoisotopic (exact) mass is 421 g/mol. The minimum atomic E-state index is -0.275. The van der Waals surface area contributed by atoms with Gasteiger partial charge in [0, 0.05) is 12.6 Å². The fraction of sp³-hybridized carbons (Fsp3) is 0.375. The number of fused-ring (bicyclic) bond motifs is 2. The highest BCUT2D eigenvalue weighted by Gasteiger charge is 2.18. The van der Waals surface area contributed by atoms with E-state index in [4.69, 9.17) is 9.47 Å². The zero-order valence-electron chi connectivity index (χ0n) is 18.2. The van der Waals surface area contributed by atoms with E-state index in [2.05, 4.69) is 22.1 Å². The van der Waals surface area contributed by atoms with Gasteiger partial charge < -0.3 is 19.4 Å². The lowest BCUT2D eigenvalue weighted by atomic mass is 10.0. The van der Waals surface area contributed by atoms with E-state index in [0.29, 0.717) is 41.2 Å². The van der Waals surface area contributed by atoms with Crippen LogP contribution in [0.25, 0.3) is 10.9 Å². The molecule has 0 fully saturated rings. The van der Waals surface area contributed by atoms with Crippen LogP contribution in [0.3, 0.4) is 0 Å². The zero-order valence-corrected chi connectivity index (χ0v) is 18.2. The first-order valence-corrected chi connectivity index (χ1v) is 10.6. The normalized spacial score (nSPS) is 12.6.